The fraction of sp³-hybridized carbons (Fsp3) is 0.200. The minimum atomic E-state index is -0.299. The van der Waals surface area contributed by atoms with Gasteiger partial charge in [-0.1, -0.05) is 30.3 Å². The lowest BCUT2D eigenvalue weighted by Gasteiger charge is -2.29. The van der Waals surface area contributed by atoms with Crippen molar-refractivity contribution in [2.75, 3.05) is 20.2 Å². The number of fused-ring (bicyclic) bond motifs is 2. The summed E-state index contributed by atoms with van der Waals surface area (Å²) in [6.45, 7) is 0.721. The standard InChI is InChI=1S/C20H18N2O4/c1-22(11-13-12-25-17-8-4-5-9-18(17)26-13)20(24)15-10-19(23)21-16-7-3-2-6-14(15)16/h2-10,13H,11-12H2,1H3,(H,21,23)/t13-/m0/s1. The molecule has 6 heteroatoms. The summed E-state index contributed by atoms with van der Waals surface area (Å²) in [6.07, 6.45) is -0.271. The smallest absolute Gasteiger partial charge is 0.254 e. The third-order valence-electron chi connectivity index (χ3n) is 4.37. The SMILES string of the molecule is CN(C[C@H]1COc2ccccc2O1)C(=O)c1cc(=O)[nH]c2ccccc12. The summed E-state index contributed by atoms with van der Waals surface area (Å²) in [5.41, 5.74) is 0.721. The maximum atomic E-state index is 12.9. The van der Waals surface area contributed by atoms with Gasteiger partial charge in [-0.05, 0) is 18.2 Å². The van der Waals surface area contributed by atoms with Crippen LogP contribution in [0.25, 0.3) is 10.9 Å². The van der Waals surface area contributed by atoms with Gasteiger partial charge in [0.1, 0.15) is 6.61 Å². The zero-order valence-electron chi connectivity index (χ0n) is 14.3. The van der Waals surface area contributed by atoms with Gasteiger partial charge >= 0.3 is 0 Å². The quantitative estimate of drug-likeness (QED) is 0.788. The Hall–Kier alpha value is -3.28. The van der Waals surface area contributed by atoms with E-state index in [0.29, 0.717) is 35.7 Å². The molecule has 1 aromatic heterocycles. The van der Waals surface area contributed by atoms with Crippen molar-refractivity contribution in [3.05, 3.63) is 70.5 Å². The van der Waals surface area contributed by atoms with Crippen LogP contribution in [-0.2, 0) is 0 Å². The van der Waals surface area contributed by atoms with Crippen molar-refractivity contribution in [2.45, 2.75) is 6.10 Å². The highest BCUT2D eigenvalue weighted by Crippen LogP contribution is 2.31. The van der Waals surface area contributed by atoms with Crippen LogP contribution >= 0.6 is 0 Å². The molecule has 0 fully saturated rings. The topological polar surface area (TPSA) is 71.6 Å². The minimum Gasteiger partial charge on any atom is -0.486 e. The average molecular weight is 350 g/mol. The number of likely N-dealkylation sites (N-methyl/N-ethyl adjacent to an activating group) is 1. The Morgan fingerprint density at radius 3 is 2.73 bits per heavy atom. The number of para-hydroxylation sites is 3. The summed E-state index contributed by atoms with van der Waals surface area (Å²) in [5.74, 6) is 1.15. The first-order valence-electron chi connectivity index (χ1n) is 8.38. The van der Waals surface area contributed by atoms with Crippen LogP contribution in [0.15, 0.2) is 59.4 Å². The number of H-pyrrole nitrogens is 1. The summed E-state index contributed by atoms with van der Waals surface area (Å²) >= 11 is 0. The van der Waals surface area contributed by atoms with E-state index in [1.54, 1.807) is 18.0 Å². The van der Waals surface area contributed by atoms with Crippen LogP contribution in [0.3, 0.4) is 0 Å². The third kappa shape index (κ3) is 3.01. The molecular formula is C20H18N2O4. The second kappa shape index (κ2) is 6.55. The van der Waals surface area contributed by atoms with Crippen LogP contribution in [0.5, 0.6) is 11.5 Å². The number of rotatable bonds is 3. The highest BCUT2D eigenvalue weighted by atomic mass is 16.6. The van der Waals surface area contributed by atoms with Crippen molar-refractivity contribution in [2.24, 2.45) is 0 Å². The second-order valence-electron chi connectivity index (χ2n) is 6.28. The van der Waals surface area contributed by atoms with Gasteiger partial charge in [0.2, 0.25) is 5.56 Å². The molecule has 1 amide bonds. The fourth-order valence-corrected chi connectivity index (χ4v) is 3.13. The first kappa shape index (κ1) is 16.2. The summed E-state index contributed by atoms with van der Waals surface area (Å²) in [7, 11) is 1.70. The number of nitrogens with one attached hydrogen (secondary N) is 1. The molecule has 4 rings (SSSR count). The molecule has 2 heterocycles. The van der Waals surface area contributed by atoms with E-state index in [-0.39, 0.29) is 17.6 Å². The normalized spacial score (nSPS) is 15.7. The van der Waals surface area contributed by atoms with Gasteiger partial charge in [-0.3, -0.25) is 9.59 Å². The van der Waals surface area contributed by atoms with E-state index in [2.05, 4.69) is 4.98 Å². The fourth-order valence-electron chi connectivity index (χ4n) is 3.13. The Morgan fingerprint density at radius 1 is 1.15 bits per heavy atom. The van der Waals surface area contributed by atoms with E-state index >= 15 is 0 Å². The first-order chi connectivity index (χ1) is 12.6. The number of hydrogen-bond acceptors (Lipinski definition) is 4. The summed E-state index contributed by atoms with van der Waals surface area (Å²) in [5, 5.41) is 0.718. The third-order valence-corrected chi connectivity index (χ3v) is 4.37. The van der Waals surface area contributed by atoms with E-state index in [1.807, 2.05) is 42.5 Å². The van der Waals surface area contributed by atoms with Crippen LogP contribution in [0.4, 0.5) is 0 Å². The Kier molecular flexibility index (Phi) is 4.08. The molecule has 0 saturated carbocycles. The summed E-state index contributed by atoms with van der Waals surface area (Å²) in [6, 6.07) is 16.1. The highest BCUT2D eigenvalue weighted by Gasteiger charge is 2.25. The molecular weight excluding hydrogens is 332 g/mol. The molecule has 3 aromatic rings. The van der Waals surface area contributed by atoms with E-state index < -0.39 is 0 Å². The first-order valence-corrected chi connectivity index (χ1v) is 8.38. The number of amides is 1. The van der Waals surface area contributed by atoms with E-state index in [9.17, 15) is 9.59 Å². The van der Waals surface area contributed by atoms with Crippen LogP contribution in [-0.4, -0.2) is 42.1 Å². The molecule has 0 bridgehead atoms. The van der Waals surface area contributed by atoms with Gasteiger partial charge < -0.3 is 19.4 Å². The maximum absolute atomic E-state index is 12.9. The predicted octanol–water partition coefficient (Wildman–Crippen LogP) is 2.44. The number of aromatic nitrogens is 1. The predicted molar refractivity (Wildman–Crippen MR) is 97.9 cm³/mol. The Morgan fingerprint density at radius 2 is 1.88 bits per heavy atom. The number of nitrogens with zero attached hydrogens (tertiary/aromatic N) is 1. The van der Waals surface area contributed by atoms with Crippen molar-refractivity contribution in [1.82, 2.24) is 9.88 Å². The lowest BCUT2D eigenvalue weighted by Crippen LogP contribution is -2.42. The van der Waals surface area contributed by atoms with E-state index in [4.69, 9.17) is 9.47 Å². The van der Waals surface area contributed by atoms with Crippen molar-refractivity contribution in [3.63, 3.8) is 0 Å². The van der Waals surface area contributed by atoms with Crippen molar-refractivity contribution in [1.29, 1.82) is 0 Å². The van der Waals surface area contributed by atoms with E-state index in [0.717, 1.165) is 5.39 Å². The molecule has 1 N–H and O–H groups in total. The molecule has 132 valence electrons. The zero-order valence-corrected chi connectivity index (χ0v) is 14.3. The largest absolute Gasteiger partial charge is 0.486 e. The molecule has 0 saturated heterocycles. The van der Waals surface area contributed by atoms with Crippen LogP contribution in [0.1, 0.15) is 10.4 Å². The number of aromatic amines is 1. The summed E-state index contributed by atoms with van der Waals surface area (Å²) < 4.78 is 11.6. The minimum absolute atomic E-state index is 0.227. The molecule has 0 unspecified atom stereocenters. The molecule has 1 atom stereocenters. The summed E-state index contributed by atoms with van der Waals surface area (Å²) in [4.78, 5) is 29.1. The molecule has 6 nitrogen and oxygen atoms in total. The molecule has 0 aliphatic carbocycles. The molecule has 1 aliphatic heterocycles. The van der Waals surface area contributed by atoms with Gasteiger partial charge in [-0.25, -0.2) is 0 Å². The molecule has 0 radical (unpaired) electrons. The van der Waals surface area contributed by atoms with Crippen LogP contribution in [0.2, 0.25) is 0 Å². The van der Waals surface area contributed by atoms with E-state index in [1.165, 1.54) is 6.07 Å². The van der Waals surface area contributed by atoms with Gasteiger partial charge in [0.05, 0.1) is 12.1 Å². The number of carbonyl (C=O) groups excluding carboxylic acids is 1. The number of ether oxygens (including phenoxy) is 2. The number of carbonyl (C=O) groups is 1. The van der Waals surface area contributed by atoms with Crippen molar-refractivity contribution < 1.29 is 14.3 Å². The number of benzene rings is 2. The maximum Gasteiger partial charge on any atom is 0.254 e. The van der Waals surface area contributed by atoms with Crippen molar-refractivity contribution in [3.8, 4) is 11.5 Å². The Balaban J connectivity index is 1.55. The molecule has 1 aliphatic rings. The number of hydrogen-bond donors (Lipinski definition) is 1. The molecule has 2 aromatic carbocycles. The zero-order chi connectivity index (χ0) is 18.1. The molecule has 26 heavy (non-hydrogen) atoms. The Labute approximate surface area is 150 Å². The second-order valence-corrected chi connectivity index (χ2v) is 6.28. The Bertz CT molecular complexity index is 1030. The lowest BCUT2D eigenvalue weighted by molar-refractivity contribution is 0.0522. The lowest BCUT2D eigenvalue weighted by atomic mass is 10.1. The van der Waals surface area contributed by atoms with Gasteiger partial charge in [0.15, 0.2) is 17.6 Å². The van der Waals surface area contributed by atoms with Gasteiger partial charge in [0, 0.05) is 24.0 Å². The van der Waals surface area contributed by atoms with Gasteiger partial charge in [0.25, 0.3) is 5.91 Å². The van der Waals surface area contributed by atoms with Gasteiger partial charge in [-0.15, -0.1) is 0 Å². The highest BCUT2D eigenvalue weighted by molar-refractivity contribution is 6.05. The van der Waals surface area contributed by atoms with Crippen molar-refractivity contribution >= 4 is 16.8 Å². The van der Waals surface area contributed by atoms with Crippen LogP contribution < -0.4 is 15.0 Å². The average Bonchev–Trinajstić information content (AvgIpc) is 2.66. The molecule has 0 spiro atoms. The number of pyridine rings is 1. The van der Waals surface area contributed by atoms with Crippen LogP contribution in [0, 0.1) is 0 Å². The van der Waals surface area contributed by atoms with Gasteiger partial charge in [-0.2, -0.15) is 0 Å². The monoisotopic (exact) mass is 350 g/mol.